The van der Waals surface area contributed by atoms with E-state index in [1.54, 1.807) is 0 Å². The summed E-state index contributed by atoms with van der Waals surface area (Å²) in [5.41, 5.74) is 0. The molecule has 2 bridgehead atoms. The van der Waals surface area contributed by atoms with Crippen LogP contribution >= 0.6 is 11.8 Å². The van der Waals surface area contributed by atoms with Crippen molar-refractivity contribution >= 4 is 17.7 Å². The summed E-state index contributed by atoms with van der Waals surface area (Å²) in [6.07, 6.45) is 8.26. The van der Waals surface area contributed by atoms with Crippen molar-refractivity contribution in [3.05, 3.63) is 0 Å². The van der Waals surface area contributed by atoms with Crippen LogP contribution in [0, 0.1) is 5.92 Å². The lowest BCUT2D eigenvalue weighted by molar-refractivity contribution is -0.122. The van der Waals surface area contributed by atoms with E-state index < -0.39 is 0 Å². The Bertz CT molecular complexity index is 292. The van der Waals surface area contributed by atoms with Crippen LogP contribution < -0.4 is 10.6 Å². The second kappa shape index (κ2) is 5.83. The maximum Gasteiger partial charge on any atom is 0.220 e. The van der Waals surface area contributed by atoms with Crippen molar-refractivity contribution in [3.63, 3.8) is 0 Å². The first-order chi connectivity index (χ1) is 8.79. The van der Waals surface area contributed by atoms with Gasteiger partial charge in [-0.2, -0.15) is 11.8 Å². The Morgan fingerprint density at radius 2 is 2.00 bits per heavy atom. The monoisotopic (exact) mass is 268 g/mol. The van der Waals surface area contributed by atoms with Gasteiger partial charge in [0.25, 0.3) is 0 Å². The van der Waals surface area contributed by atoms with Crippen LogP contribution in [-0.2, 0) is 4.79 Å². The molecule has 3 aliphatic heterocycles. The van der Waals surface area contributed by atoms with Crippen molar-refractivity contribution in [3.8, 4) is 0 Å². The molecule has 0 aliphatic carbocycles. The van der Waals surface area contributed by atoms with E-state index in [-0.39, 0.29) is 0 Å². The highest BCUT2D eigenvalue weighted by Gasteiger charge is 2.34. The van der Waals surface area contributed by atoms with Gasteiger partial charge in [0.05, 0.1) is 0 Å². The highest BCUT2D eigenvalue weighted by molar-refractivity contribution is 7.99. The average Bonchev–Trinajstić information content (AvgIpc) is 2.70. The molecule has 3 rings (SSSR count). The molecule has 3 heterocycles. The van der Waals surface area contributed by atoms with Crippen molar-refractivity contribution in [2.24, 2.45) is 5.92 Å². The van der Waals surface area contributed by atoms with Gasteiger partial charge in [0.15, 0.2) is 0 Å². The van der Waals surface area contributed by atoms with Crippen LogP contribution in [0.4, 0.5) is 0 Å². The van der Waals surface area contributed by atoms with Crippen molar-refractivity contribution in [2.75, 3.05) is 11.5 Å². The highest BCUT2D eigenvalue weighted by atomic mass is 32.2. The first kappa shape index (κ1) is 12.8. The number of carbonyl (C=O) groups excluding carboxylic acids is 1. The second-order valence-corrected chi connectivity index (χ2v) is 7.31. The quantitative estimate of drug-likeness (QED) is 0.821. The summed E-state index contributed by atoms with van der Waals surface area (Å²) in [6.45, 7) is 0. The van der Waals surface area contributed by atoms with Crippen LogP contribution in [0.2, 0.25) is 0 Å². The molecule has 18 heavy (non-hydrogen) atoms. The Labute approximate surface area is 114 Å². The summed E-state index contributed by atoms with van der Waals surface area (Å²) < 4.78 is 0. The zero-order chi connectivity index (χ0) is 12.4. The van der Waals surface area contributed by atoms with Crippen molar-refractivity contribution in [1.82, 2.24) is 10.6 Å². The van der Waals surface area contributed by atoms with Gasteiger partial charge in [-0.3, -0.25) is 4.79 Å². The van der Waals surface area contributed by atoms with E-state index in [1.807, 2.05) is 11.8 Å². The Morgan fingerprint density at radius 3 is 2.67 bits per heavy atom. The van der Waals surface area contributed by atoms with Crippen LogP contribution in [0.25, 0.3) is 0 Å². The fourth-order valence-corrected chi connectivity index (χ4v) is 4.82. The van der Waals surface area contributed by atoms with Gasteiger partial charge in [-0.05, 0) is 50.2 Å². The summed E-state index contributed by atoms with van der Waals surface area (Å²) in [4.78, 5) is 12.1. The SMILES string of the molecule is O=C(CC1CC2CCC(C1)N2)NC1CCCSC1. The number of nitrogens with one attached hydrogen (secondary N) is 2. The normalized spacial score (nSPS) is 39.6. The van der Waals surface area contributed by atoms with Gasteiger partial charge in [0, 0.05) is 30.3 Å². The largest absolute Gasteiger partial charge is 0.353 e. The van der Waals surface area contributed by atoms with Gasteiger partial charge in [0.1, 0.15) is 0 Å². The van der Waals surface area contributed by atoms with E-state index in [0.29, 0.717) is 30.0 Å². The number of hydrogen-bond acceptors (Lipinski definition) is 3. The van der Waals surface area contributed by atoms with Gasteiger partial charge >= 0.3 is 0 Å². The highest BCUT2D eigenvalue weighted by Crippen LogP contribution is 2.32. The van der Waals surface area contributed by atoms with E-state index in [4.69, 9.17) is 0 Å². The van der Waals surface area contributed by atoms with Gasteiger partial charge in [0.2, 0.25) is 5.91 Å². The summed E-state index contributed by atoms with van der Waals surface area (Å²) in [5.74, 6) is 3.31. The predicted octanol–water partition coefficient (Wildman–Crippen LogP) is 1.92. The number of piperidine rings is 1. The molecule has 3 unspecified atom stereocenters. The smallest absolute Gasteiger partial charge is 0.220 e. The molecule has 3 atom stereocenters. The van der Waals surface area contributed by atoms with Gasteiger partial charge in [-0.1, -0.05) is 0 Å². The maximum atomic E-state index is 12.1. The summed E-state index contributed by atoms with van der Waals surface area (Å²) in [7, 11) is 0. The van der Waals surface area contributed by atoms with Crippen LogP contribution in [0.1, 0.15) is 44.9 Å². The Kier molecular flexibility index (Phi) is 4.14. The number of amides is 1. The molecule has 0 aromatic heterocycles. The van der Waals surface area contributed by atoms with E-state index in [2.05, 4.69) is 10.6 Å². The molecule has 0 saturated carbocycles. The number of carbonyl (C=O) groups is 1. The van der Waals surface area contributed by atoms with Crippen LogP contribution in [0.5, 0.6) is 0 Å². The third-order valence-electron chi connectivity index (χ3n) is 4.57. The molecule has 0 spiro atoms. The van der Waals surface area contributed by atoms with Crippen molar-refractivity contribution < 1.29 is 4.79 Å². The zero-order valence-corrected chi connectivity index (χ0v) is 11.8. The average molecular weight is 268 g/mol. The minimum absolute atomic E-state index is 0.300. The van der Waals surface area contributed by atoms with Crippen LogP contribution in [0.3, 0.4) is 0 Å². The Hall–Kier alpha value is -0.220. The molecule has 0 radical (unpaired) electrons. The van der Waals surface area contributed by atoms with E-state index >= 15 is 0 Å². The lowest BCUT2D eigenvalue weighted by Gasteiger charge is -2.29. The van der Waals surface area contributed by atoms with Crippen molar-refractivity contribution in [1.29, 1.82) is 0 Å². The minimum atomic E-state index is 0.300. The first-order valence-electron chi connectivity index (χ1n) is 7.43. The summed E-state index contributed by atoms with van der Waals surface area (Å²) in [5, 5.41) is 6.88. The molecule has 2 N–H and O–H groups in total. The summed E-state index contributed by atoms with van der Waals surface area (Å²) >= 11 is 1.98. The number of rotatable bonds is 3. The van der Waals surface area contributed by atoms with E-state index in [9.17, 15) is 4.79 Å². The first-order valence-corrected chi connectivity index (χ1v) is 8.58. The number of hydrogen-bond donors (Lipinski definition) is 2. The van der Waals surface area contributed by atoms with Gasteiger partial charge in [-0.15, -0.1) is 0 Å². The third kappa shape index (κ3) is 3.21. The lowest BCUT2D eigenvalue weighted by atomic mass is 9.89. The fraction of sp³-hybridized carbons (Fsp3) is 0.929. The second-order valence-electron chi connectivity index (χ2n) is 6.16. The van der Waals surface area contributed by atoms with E-state index in [1.165, 1.54) is 44.3 Å². The summed E-state index contributed by atoms with van der Waals surface area (Å²) in [6, 6.07) is 1.84. The lowest BCUT2D eigenvalue weighted by Crippen LogP contribution is -2.42. The topological polar surface area (TPSA) is 41.1 Å². The van der Waals surface area contributed by atoms with Gasteiger partial charge < -0.3 is 10.6 Å². The standard InChI is InChI=1S/C14H24N2OS/c17-14(16-13-2-1-5-18-9-13)8-10-6-11-3-4-12(7-10)15-11/h10-13,15H,1-9H2,(H,16,17). The van der Waals surface area contributed by atoms with Gasteiger partial charge in [-0.25, -0.2) is 0 Å². The Morgan fingerprint density at radius 1 is 1.22 bits per heavy atom. The maximum absolute atomic E-state index is 12.1. The van der Waals surface area contributed by atoms with Crippen LogP contribution in [-0.4, -0.2) is 35.5 Å². The molecule has 102 valence electrons. The molecule has 4 heteroatoms. The van der Waals surface area contributed by atoms with Crippen LogP contribution in [0.15, 0.2) is 0 Å². The molecule has 3 saturated heterocycles. The minimum Gasteiger partial charge on any atom is -0.353 e. The molecular weight excluding hydrogens is 244 g/mol. The van der Waals surface area contributed by atoms with Crippen molar-refractivity contribution in [2.45, 2.75) is 63.1 Å². The molecule has 1 amide bonds. The molecule has 0 aromatic rings. The molecule has 3 fully saturated rings. The zero-order valence-electron chi connectivity index (χ0n) is 11.0. The molecular formula is C14H24N2OS. The fourth-order valence-electron chi connectivity index (χ4n) is 3.75. The molecule has 3 nitrogen and oxygen atoms in total. The predicted molar refractivity (Wildman–Crippen MR) is 75.8 cm³/mol. The van der Waals surface area contributed by atoms with E-state index in [0.717, 1.165) is 12.2 Å². The number of thioether (sulfide) groups is 1. The molecule has 3 aliphatic rings. The molecule has 0 aromatic carbocycles. The number of fused-ring (bicyclic) bond motifs is 2. The Balaban J connectivity index is 1.43. The third-order valence-corrected chi connectivity index (χ3v) is 5.79.